The molecule has 7 heteroatoms. The second-order valence-corrected chi connectivity index (χ2v) is 14.6. The average Bonchev–Trinajstić information content (AvgIpc) is 3.67. The lowest BCUT2D eigenvalue weighted by Gasteiger charge is -2.27. The predicted octanol–water partition coefficient (Wildman–Crippen LogP) is 13.2. The quantitative estimate of drug-likeness (QED) is 0.181. The Morgan fingerprint density at radius 2 is 0.768 bits per heavy atom. The lowest BCUT2D eigenvalue weighted by Crippen LogP contribution is -2.16. The van der Waals surface area contributed by atoms with E-state index in [9.17, 15) is 10.5 Å². The van der Waals surface area contributed by atoms with Crippen LogP contribution in [0.5, 0.6) is 0 Å². The van der Waals surface area contributed by atoms with Gasteiger partial charge in [-0.05, 0) is 94.4 Å². The monoisotopic (exact) mass is 734 g/mol. The van der Waals surface area contributed by atoms with Crippen LogP contribution in [0.3, 0.4) is 0 Å². The summed E-state index contributed by atoms with van der Waals surface area (Å²) in [4.78, 5) is 0. The zero-order valence-electron chi connectivity index (χ0n) is 31.0. The maximum atomic E-state index is 16.7. The van der Waals surface area contributed by atoms with Gasteiger partial charge in [-0.15, -0.1) is 0 Å². The minimum Gasteiger partial charge on any atom is -0.309 e. The lowest BCUT2D eigenvalue weighted by molar-refractivity contribution is -0.136. The Hall–Kier alpha value is -7.09. The molecule has 0 spiro atoms. The minimum atomic E-state index is -4.96. The van der Waals surface area contributed by atoms with E-state index in [4.69, 9.17) is 0 Å². The van der Waals surface area contributed by atoms with E-state index in [-0.39, 0.29) is 44.8 Å². The van der Waals surface area contributed by atoms with Gasteiger partial charge in [0.15, 0.2) is 0 Å². The first-order valence-corrected chi connectivity index (χ1v) is 18.3. The van der Waals surface area contributed by atoms with Gasteiger partial charge in [0, 0.05) is 43.8 Å². The van der Waals surface area contributed by atoms with Crippen LogP contribution in [0.4, 0.5) is 13.2 Å². The molecule has 0 saturated carbocycles. The molecule has 0 saturated heterocycles. The molecule has 4 nitrogen and oxygen atoms in total. The van der Waals surface area contributed by atoms with Crippen LogP contribution >= 0.6 is 0 Å². The van der Waals surface area contributed by atoms with Crippen LogP contribution in [0.25, 0.3) is 77.2 Å². The van der Waals surface area contributed by atoms with Crippen molar-refractivity contribution in [1.29, 1.82) is 10.5 Å². The second kappa shape index (κ2) is 12.8. The first-order chi connectivity index (χ1) is 27.0. The summed E-state index contributed by atoms with van der Waals surface area (Å²) in [6.07, 6.45) is -4.96. The molecule has 0 fully saturated rings. The van der Waals surface area contributed by atoms with Gasteiger partial charge in [-0.25, -0.2) is 0 Å². The highest BCUT2D eigenvalue weighted by atomic mass is 19.4. The Morgan fingerprint density at radius 3 is 1.07 bits per heavy atom. The smallest absolute Gasteiger partial charge is 0.309 e. The van der Waals surface area contributed by atoms with Gasteiger partial charge in [0.25, 0.3) is 0 Å². The maximum Gasteiger partial charge on any atom is 0.417 e. The molecule has 9 aromatic rings. The van der Waals surface area contributed by atoms with E-state index in [1.165, 1.54) is 0 Å². The molecular formula is C49H33F3N4. The molecule has 270 valence electrons. The van der Waals surface area contributed by atoms with Crippen LogP contribution in [0.2, 0.25) is 0 Å². The van der Waals surface area contributed by atoms with Crippen molar-refractivity contribution in [2.24, 2.45) is 0 Å². The van der Waals surface area contributed by atoms with Crippen molar-refractivity contribution < 1.29 is 13.2 Å². The highest BCUT2D eigenvalue weighted by molar-refractivity contribution is 6.13. The van der Waals surface area contributed by atoms with Crippen LogP contribution in [0, 0.1) is 50.4 Å². The molecule has 0 amide bonds. The summed E-state index contributed by atoms with van der Waals surface area (Å²) in [5.74, 6) is 0. The van der Waals surface area contributed by atoms with E-state index in [0.717, 1.165) is 65.9 Å². The van der Waals surface area contributed by atoms with Crippen molar-refractivity contribution in [3.63, 3.8) is 0 Å². The molecule has 0 unspecified atom stereocenters. The van der Waals surface area contributed by atoms with Gasteiger partial charge in [0.1, 0.15) is 0 Å². The summed E-state index contributed by atoms with van der Waals surface area (Å²) in [5, 5.41) is 24.5. The van der Waals surface area contributed by atoms with Crippen molar-refractivity contribution in [1.82, 2.24) is 9.13 Å². The predicted molar refractivity (Wildman–Crippen MR) is 219 cm³/mol. The third-order valence-electron chi connectivity index (χ3n) is 10.8. The van der Waals surface area contributed by atoms with Crippen LogP contribution in [0.15, 0.2) is 127 Å². The molecular weight excluding hydrogens is 702 g/mol. The first kappa shape index (κ1) is 34.7. The number of halogens is 3. The zero-order chi connectivity index (χ0) is 39.0. The molecule has 56 heavy (non-hydrogen) atoms. The molecule has 0 N–H and O–H groups in total. The lowest BCUT2D eigenvalue weighted by atomic mass is 9.85. The molecule has 2 aromatic heterocycles. The minimum absolute atomic E-state index is 0.0989. The van der Waals surface area contributed by atoms with Gasteiger partial charge in [-0.3, -0.25) is 0 Å². The molecule has 0 atom stereocenters. The van der Waals surface area contributed by atoms with E-state index in [2.05, 4.69) is 36.4 Å². The Morgan fingerprint density at radius 1 is 0.446 bits per heavy atom. The third kappa shape index (κ3) is 5.27. The van der Waals surface area contributed by atoms with E-state index >= 15 is 13.2 Å². The second-order valence-electron chi connectivity index (χ2n) is 14.6. The molecule has 0 aliphatic rings. The van der Waals surface area contributed by atoms with Gasteiger partial charge < -0.3 is 9.13 Å². The number of aryl methyl sites for hydroxylation is 4. The topological polar surface area (TPSA) is 57.4 Å². The van der Waals surface area contributed by atoms with Crippen molar-refractivity contribution in [2.45, 2.75) is 33.9 Å². The molecule has 0 bridgehead atoms. The van der Waals surface area contributed by atoms with Gasteiger partial charge in [0.2, 0.25) is 0 Å². The fourth-order valence-corrected chi connectivity index (χ4v) is 8.45. The van der Waals surface area contributed by atoms with Gasteiger partial charge >= 0.3 is 6.18 Å². The van der Waals surface area contributed by atoms with Gasteiger partial charge in [-0.2, -0.15) is 23.7 Å². The summed E-state index contributed by atoms with van der Waals surface area (Å²) in [5.41, 5.74) is 6.75. The summed E-state index contributed by atoms with van der Waals surface area (Å²) in [7, 11) is 0. The summed E-state index contributed by atoms with van der Waals surface area (Å²) >= 11 is 0. The summed E-state index contributed by atoms with van der Waals surface area (Å²) in [6.45, 7) is 8.00. The summed E-state index contributed by atoms with van der Waals surface area (Å²) < 4.78 is 53.9. The Labute approximate surface area is 321 Å². The molecule has 7 aromatic carbocycles. The molecule has 2 heterocycles. The Kier molecular flexibility index (Phi) is 7.90. The maximum absolute atomic E-state index is 16.7. The van der Waals surface area contributed by atoms with Crippen LogP contribution < -0.4 is 0 Å². The van der Waals surface area contributed by atoms with Crippen molar-refractivity contribution >= 4 is 43.6 Å². The Balaban J connectivity index is 1.62. The fraction of sp³-hybridized carbons (Fsp3) is 0.102. The van der Waals surface area contributed by atoms with Gasteiger partial charge in [0.05, 0.1) is 62.3 Å². The Bertz CT molecular complexity index is 2880. The number of hydrogen-bond donors (Lipinski definition) is 0. The first-order valence-electron chi connectivity index (χ1n) is 18.3. The zero-order valence-corrected chi connectivity index (χ0v) is 31.0. The van der Waals surface area contributed by atoms with Crippen molar-refractivity contribution in [2.75, 3.05) is 0 Å². The van der Waals surface area contributed by atoms with Crippen molar-refractivity contribution in [3.8, 4) is 45.8 Å². The number of alkyl halides is 3. The van der Waals surface area contributed by atoms with Crippen LogP contribution in [0.1, 0.15) is 38.9 Å². The number of hydrogen-bond acceptors (Lipinski definition) is 2. The number of benzene rings is 7. The summed E-state index contributed by atoms with van der Waals surface area (Å²) in [6, 6.07) is 43.1. The number of aromatic nitrogens is 2. The highest BCUT2D eigenvalue weighted by Crippen LogP contribution is 2.52. The van der Waals surface area contributed by atoms with E-state index in [1.54, 1.807) is 48.5 Å². The van der Waals surface area contributed by atoms with Crippen molar-refractivity contribution in [3.05, 3.63) is 166 Å². The van der Waals surface area contributed by atoms with E-state index in [0.29, 0.717) is 0 Å². The third-order valence-corrected chi connectivity index (χ3v) is 10.8. The normalized spacial score (nSPS) is 11.8. The van der Waals surface area contributed by atoms with Gasteiger partial charge in [-0.1, -0.05) is 82.9 Å². The van der Waals surface area contributed by atoms with E-state index < -0.39 is 11.7 Å². The molecule has 0 radical (unpaired) electrons. The largest absolute Gasteiger partial charge is 0.417 e. The number of rotatable bonds is 4. The fourth-order valence-electron chi connectivity index (χ4n) is 8.45. The SMILES string of the molecule is Cc1ccc2c(c1)c1cc(C)ccc1n2-c1cc(-n2c3ccc(C)cc3c3cc(C)ccc32)c(-c2ccccc2C#N)c(C(F)(F)F)c1-c1ccccc1C#N. The molecule has 0 aliphatic carbocycles. The average molecular weight is 735 g/mol. The number of nitriles is 2. The molecule has 9 rings (SSSR count). The van der Waals surface area contributed by atoms with Crippen LogP contribution in [-0.2, 0) is 6.18 Å². The highest BCUT2D eigenvalue weighted by Gasteiger charge is 2.42. The van der Waals surface area contributed by atoms with E-state index in [1.807, 2.05) is 91.4 Å². The number of fused-ring (bicyclic) bond motifs is 6. The van der Waals surface area contributed by atoms with Crippen LogP contribution in [-0.4, -0.2) is 9.13 Å². The molecule has 0 aliphatic heterocycles. The number of nitrogens with zero attached hydrogens (tertiary/aromatic N) is 4. The standard InChI is InChI=1S/C49H33F3N4/c1-28-13-17-40-36(21-28)37-22-29(2)14-18-41(37)55(40)44-25-45(56-42-19-15-30(3)23-38(42)39-24-31(4)16-20-43(39)56)47(35-12-8-6-10-33(35)27-54)48(49(50,51)52)46(44)34-11-7-5-9-32(34)26-53/h5-25H,1-4H3.